The van der Waals surface area contributed by atoms with Crippen LogP contribution in [-0.4, -0.2) is 111 Å². The van der Waals surface area contributed by atoms with E-state index in [9.17, 15) is 9.59 Å². The minimum Gasteiger partial charge on any atom is -0.442 e. The van der Waals surface area contributed by atoms with Crippen molar-refractivity contribution in [2.45, 2.75) is 148 Å². The Hall–Kier alpha value is -1.62. The zero-order valence-corrected chi connectivity index (χ0v) is 28.8. The molecule has 6 atom stereocenters. The molecule has 4 rings (SSSR count). The van der Waals surface area contributed by atoms with Gasteiger partial charge in [-0.1, -0.05) is 26.7 Å². The SMILES string of the molecule is CCCCOCC(CN1CC1C)OC(=O)NC1CCC(C[C@H]2CC[C@@H](NC(=O)OC(COCCCC)CN3CC3C)CC2)CC1. The highest BCUT2D eigenvalue weighted by Gasteiger charge is 2.35. The maximum Gasteiger partial charge on any atom is 0.407 e. The molecule has 2 aliphatic heterocycles. The molecule has 0 aromatic heterocycles. The summed E-state index contributed by atoms with van der Waals surface area (Å²) in [6.07, 6.45) is 13.2. The van der Waals surface area contributed by atoms with Gasteiger partial charge in [-0.2, -0.15) is 0 Å². The molecule has 260 valence electrons. The number of unbranched alkanes of at least 4 members (excludes halogenated alkanes) is 2. The Bertz CT molecular complexity index is 795. The summed E-state index contributed by atoms with van der Waals surface area (Å²) in [5.74, 6) is 1.44. The van der Waals surface area contributed by atoms with Crippen molar-refractivity contribution in [3.8, 4) is 0 Å². The monoisotopic (exact) mass is 636 g/mol. The predicted molar refractivity (Wildman–Crippen MR) is 176 cm³/mol. The molecule has 10 nitrogen and oxygen atoms in total. The molecule has 45 heavy (non-hydrogen) atoms. The van der Waals surface area contributed by atoms with Crippen molar-refractivity contribution >= 4 is 12.2 Å². The number of hydrogen-bond donors (Lipinski definition) is 2. The average molecular weight is 637 g/mol. The van der Waals surface area contributed by atoms with Crippen LogP contribution in [0.5, 0.6) is 0 Å². The molecular weight excluding hydrogens is 572 g/mol. The van der Waals surface area contributed by atoms with Gasteiger partial charge in [0.1, 0.15) is 12.2 Å². The van der Waals surface area contributed by atoms with E-state index in [0.717, 1.165) is 128 Å². The Labute approximate surface area is 273 Å². The fourth-order valence-corrected chi connectivity index (χ4v) is 7.05. The molecule has 2 heterocycles. The lowest BCUT2D eigenvalue weighted by Crippen LogP contribution is -2.42. The zero-order chi connectivity index (χ0) is 32.0. The molecule has 4 aliphatic rings. The van der Waals surface area contributed by atoms with Crippen LogP contribution in [0.3, 0.4) is 0 Å². The van der Waals surface area contributed by atoms with Gasteiger partial charge in [0.15, 0.2) is 0 Å². The lowest BCUT2D eigenvalue weighted by Gasteiger charge is -2.34. The van der Waals surface area contributed by atoms with Crippen LogP contribution in [0.4, 0.5) is 9.59 Å². The Morgan fingerprint density at radius 1 is 0.667 bits per heavy atom. The number of nitrogens with one attached hydrogen (secondary N) is 2. The van der Waals surface area contributed by atoms with E-state index in [1.807, 2.05) is 0 Å². The summed E-state index contributed by atoms with van der Waals surface area (Å²) in [4.78, 5) is 30.1. The summed E-state index contributed by atoms with van der Waals surface area (Å²) in [7, 11) is 0. The van der Waals surface area contributed by atoms with E-state index in [0.29, 0.717) is 25.3 Å². The topological polar surface area (TPSA) is 101 Å². The lowest BCUT2D eigenvalue weighted by molar-refractivity contribution is 0.0107. The minimum absolute atomic E-state index is 0.197. The van der Waals surface area contributed by atoms with Crippen molar-refractivity contribution in [3.63, 3.8) is 0 Å². The van der Waals surface area contributed by atoms with Gasteiger partial charge in [0, 0.05) is 63.6 Å². The highest BCUT2D eigenvalue weighted by molar-refractivity contribution is 5.68. The summed E-state index contributed by atoms with van der Waals surface area (Å²) >= 11 is 0. The number of carbonyl (C=O) groups is 2. The van der Waals surface area contributed by atoms with Crippen molar-refractivity contribution in [1.82, 2.24) is 20.4 Å². The van der Waals surface area contributed by atoms with Crippen molar-refractivity contribution in [3.05, 3.63) is 0 Å². The number of rotatable bonds is 20. The number of amides is 2. The Morgan fingerprint density at radius 3 is 1.38 bits per heavy atom. The average Bonchev–Trinajstić information content (AvgIpc) is 3.92. The number of nitrogens with zero attached hydrogens (tertiary/aromatic N) is 2. The zero-order valence-electron chi connectivity index (χ0n) is 28.8. The van der Waals surface area contributed by atoms with E-state index in [1.165, 1.54) is 6.42 Å². The van der Waals surface area contributed by atoms with Gasteiger partial charge in [-0.05, 0) is 96.3 Å². The van der Waals surface area contributed by atoms with Crippen LogP contribution in [0.1, 0.15) is 111 Å². The van der Waals surface area contributed by atoms with Crippen molar-refractivity contribution in [2.24, 2.45) is 11.8 Å². The van der Waals surface area contributed by atoms with Gasteiger partial charge in [-0.25, -0.2) is 9.59 Å². The molecule has 10 heteroatoms. The largest absolute Gasteiger partial charge is 0.442 e. The minimum atomic E-state index is -0.295. The third-order valence-electron chi connectivity index (χ3n) is 10.3. The molecule has 0 bridgehead atoms. The molecular formula is C35H64N4O6. The molecule has 2 saturated carbocycles. The first-order valence-corrected chi connectivity index (χ1v) is 18.4. The van der Waals surface area contributed by atoms with Crippen molar-refractivity contribution in [2.75, 3.05) is 52.6 Å². The maximum atomic E-state index is 12.7. The fourth-order valence-electron chi connectivity index (χ4n) is 7.05. The van der Waals surface area contributed by atoms with Gasteiger partial charge in [0.25, 0.3) is 0 Å². The molecule has 2 aliphatic carbocycles. The van der Waals surface area contributed by atoms with Crippen molar-refractivity contribution < 1.29 is 28.5 Å². The molecule has 0 aromatic rings. The third-order valence-corrected chi connectivity index (χ3v) is 10.3. The first-order valence-electron chi connectivity index (χ1n) is 18.4. The van der Waals surface area contributed by atoms with Gasteiger partial charge in [-0.15, -0.1) is 0 Å². The first-order chi connectivity index (χ1) is 21.8. The number of carbonyl (C=O) groups excluding carboxylic acids is 2. The van der Waals surface area contributed by atoms with E-state index >= 15 is 0 Å². The van der Waals surface area contributed by atoms with Crippen LogP contribution in [-0.2, 0) is 18.9 Å². The first kappa shape index (κ1) is 36.2. The maximum absolute atomic E-state index is 12.7. The smallest absolute Gasteiger partial charge is 0.407 e. The highest BCUT2D eigenvalue weighted by atomic mass is 16.6. The summed E-state index contributed by atoms with van der Waals surface area (Å²) in [6.45, 7) is 14.7. The summed E-state index contributed by atoms with van der Waals surface area (Å²) in [5, 5.41) is 6.30. The number of hydrogen-bond acceptors (Lipinski definition) is 8. The molecule has 2 saturated heterocycles. The second kappa shape index (κ2) is 19.3. The summed E-state index contributed by atoms with van der Waals surface area (Å²) < 4.78 is 23.2. The van der Waals surface area contributed by atoms with Gasteiger partial charge < -0.3 is 29.6 Å². The van der Waals surface area contributed by atoms with Crippen LogP contribution in [0.15, 0.2) is 0 Å². The molecule has 2 amide bonds. The van der Waals surface area contributed by atoms with Gasteiger partial charge in [-0.3, -0.25) is 9.80 Å². The summed E-state index contributed by atoms with van der Waals surface area (Å²) in [5.41, 5.74) is 0. The van der Waals surface area contributed by atoms with Crippen molar-refractivity contribution in [1.29, 1.82) is 0 Å². The van der Waals surface area contributed by atoms with E-state index < -0.39 is 0 Å². The standard InChI is InChI=1S/C35H64N4O6/c1-5-7-17-42-24-32(22-38-20-26(38)3)44-34(40)36-30-13-9-28(10-14-30)19-29-11-15-31(16-12-29)37-35(41)45-33(23-39-21-27(39)4)25-43-18-8-6-2/h26-33H,5-25H2,1-4H3,(H,36,40)(H,37,41)/t26?,27?,28-,29?,30+,31?,32?,33?,38?,39?. The molecule has 2 N–H and O–H groups in total. The van der Waals surface area contributed by atoms with Crippen LogP contribution >= 0.6 is 0 Å². The molecule has 4 fully saturated rings. The van der Waals surface area contributed by atoms with Crippen LogP contribution in [0.2, 0.25) is 0 Å². The fraction of sp³-hybridized carbons (Fsp3) is 0.943. The molecule has 0 aromatic carbocycles. The second-order valence-electron chi connectivity index (χ2n) is 14.5. The van der Waals surface area contributed by atoms with E-state index in [1.54, 1.807) is 0 Å². The van der Waals surface area contributed by atoms with Crippen LogP contribution in [0.25, 0.3) is 0 Å². The Balaban J connectivity index is 1.07. The number of ether oxygens (including phenoxy) is 4. The van der Waals surface area contributed by atoms with Gasteiger partial charge in [0.2, 0.25) is 0 Å². The number of alkyl carbamates (subject to hydrolysis) is 2. The third kappa shape index (κ3) is 14.0. The summed E-state index contributed by atoms with van der Waals surface area (Å²) in [6, 6.07) is 1.54. The molecule has 0 spiro atoms. The van der Waals surface area contributed by atoms with Crippen LogP contribution < -0.4 is 10.6 Å². The van der Waals surface area contributed by atoms with E-state index in [4.69, 9.17) is 18.9 Å². The predicted octanol–water partition coefficient (Wildman–Crippen LogP) is 5.73. The molecule has 6 unspecified atom stereocenters. The quantitative estimate of drug-likeness (QED) is 0.129. The van der Waals surface area contributed by atoms with Gasteiger partial charge in [0.05, 0.1) is 13.2 Å². The second-order valence-corrected chi connectivity index (χ2v) is 14.5. The molecule has 0 radical (unpaired) electrons. The normalized spacial score (nSPS) is 32.3. The van der Waals surface area contributed by atoms with Gasteiger partial charge >= 0.3 is 12.2 Å². The lowest BCUT2D eigenvalue weighted by atomic mass is 9.76. The van der Waals surface area contributed by atoms with Crippen LogP contribution in [0, 0.1) is 11.8 Å². The Morgan fingerprint density at radius 2 is 1.04 bits per heavy atom. The Kier molecular flexibility index (Phi) is 15.5. The van der Waals surface area contributed by atoms with E-state index in [2.05, 4.69) is 48.1 Å². The van der Waals surface area contributed by atoms with E-state index in [-0.39, 0.29) is 36.5 Å². The highest BCUT2D eigenvalue weighted by Crippen LogP contribution is 2.35.